The van der Waals surface area contributed by atoms with Crippen molar-refractivity contribution < 1.29 is 0 Å². The Hall–Kier alpha value is -1.77. The van der Waals surface area contributed by atoms with Gasteiger partial charge in [-0.2, -0.15) is 5.10 Å². The van der Waals surface area contributed by atoms with Crippen molar-refractivity contribution in [3.8, 4) is 0 Å². The van der Waals surface area contributed by atoms with E-state index in [1.165, 1.54) is 5.69 Å². The summed E-state index contributed by atoms with van der Waals surface area (Å²) in [5.74, 6) is 1.01. The summed E-state index contributed by atoms with van der Waals surface area (Å²) in [7, 11) is 0. The molecule has 1 aliphatic rings. The Balaban J connectivity index is 0.00000225. The van der Waals surface area contributed by atoms with Gasteiger partial charge in [-0.05, 0) is 25.1 Å². The van der Waals surface area contributed by atoms with Crippen molar-refractivity contribution in [1.29, 1.82) is 0 Å². The van der Waals surface area contributed by atoms with Crippen molar-refractivity contribution in [2.24, 2.45) is 4.99 Å². The van der Waals surface area contributed by atoms with Crippen LogP contribution in [0.3, 0.4) is 0 Å². The number of para-hydroxylation sites is 1. The number of rotatable bonds is 5. The van der Waals surface area contributed by atoms with E-state index < -0.39 is 0 Å². The molecule has 1 N–H and O–H groups in total. The molecule has 0 atom stereocenters. The lowest BCUT2D eigenvalue weighted by Crippen LogP contribution is -2.52. The molecule has 25 heavy (non-hydrogen) atoms. The molecule has 0 spiro atoms. The molecule has 1 aromatic heterocycles. The van der Waals surface area contributed by atoms with Crippen LogP contribution in [-0.2, 0) is 6.54 Å². The van der Waals surface area contributed by atoms with Gasteiger partial charge in [-0.15, -0.1) is 24.0 Å². The Kier molecular flexibility index (Phi) is 8.03. The van der Waals surface area contributed by atoms with Crippen LogP contribution in [0.2, 0.25) is 0 Å². The Morgan fingerprint density at radius 1 is 1.12 bits per heavy atom. The first-order valence-corrected chi connectivity index (χ1v) is 8.67. The van der Waals surface area contributed by atoms with Gasteiger partial charge >= 0.3 is 0 Å². The number of piperazine rings is 1. The quantitative estimate of drug-likeness (QED) is 0.428. The highest BCUT2D eigenvalue weighted by molar-refractivity contribution is 14.0. The van der Waals surface area contributed by atoms with Crippen molar-refractivity contribution >= 4 is 35.6 Å². The fourth-order valence-corrected chi connectivity index (χ4v) is 2.93. The van der Waals surface area contributed by atoms with Crippen LogP contribution in [0.1, 0.15) is 6.92 Å². The Morgan fingerprint density at radius 2 is 1.88 bits per heavy atom. The molecule has 1 aliphatic heterocycles. The fourth-order valence-electron chi connectivity index (χ4n) is 2.93. The Bertz CT molecular complexity index is 620. The summed E-state index contributed by atoms with van der Waals surface area (Å²) in [6.45, 7) is 8.57. The topological polar surface area (TPSA) is 48.7 Å². The van der Waals surface area contributed by atoms with E-state index in [2.05, 4.69) is 57.5 Å². The monoisotopic (exact) mass is 454 g/mol. The molecule has 2 aromatic rings. The SMILES string of the molecule is CCNC(=NCCn1cccn1)N1CCN(c2ccccc2)CC1.I. The van der Waals surface area contributed by atoms with Crippen molar-refractivity contribution in [2.45, 2.75) is 13.5 Å². The summed E-state index contributed by atoms with van der Waals surface area (Å²) in [6.07, 6.45) is 3.78. The number of halogens is 1. The summed E-state index contributed by atoms with van der Waals surface area (Å²) >= 11 is 0. The number of hydrogen-bond donors (Lipinski definition) is 1. The van der Waals surface area contributed by atoms with E-state index in [9.17, 15) is 0 Å². The van der Waals surface area contributed by atoms with E-state index in [1.807, 2.05) is 16.9 Å². The zero-order valence-corrected chi connectivity index (χ0v) is 17.0. The molecular weight excluding hydrogens is 427 g/mol. The predicted octanol–water partition coefficient (Wildman–Crippen LogP) is 2.29. The summed E-state index contributed by atoms with van der Waals surface area (Å²) in [4.78, 5) is 9.55. The molecule has 7 heteroatoms. The maximum Gasteiger partial charge on any atom is 0.194 e. The second kappa shape index (κ2) is 10.3. The van der Waals surface area contributed by atoms with Gasteiger partial charge in [-0.3, -0.25) is 9.67 Å². The molecule has 6 nitrogen and oxygen atoms in total. The number of benzene rings is 1. The van der Waals surface area contributed by atoms with Crippen molar-refractivity contribution in [3.05, 3.63) is 48.8 Å². The lowest BCUT2D eigenvalue weighted by atomic mass is 10.2. The first kappa shape index (κ1) is 19.6. The van der Waals surface area contributed by atoms with Gasteiger partial charge in [-0.1, -0.05) is 18.2 Å². The van der Waals surface area contributed by atoms with Gasteiger partial charge in [0.15, 0.2) is 5.96 Å². The van der Waals surface area contributed by atoms with E-state index in [0.717, 1.165) is 51.8 Å². The molecule has 136 valence electrons. The van der Waals surface area contributed by atoms with E-state index in [0.29, 0.717) is 0 Å². The summed E-state index contributed by atoms with van der Waals surface area (Å²) < 4.78 is 1.92. The van der Waals surface area contributed by atoms with Crippen LogP contribution >= 0.6 is 24.0 Å². The average molecular weight is 454 g/mol. The Labute approximate surface area is 166 Å². The normalized spacial score (nSPS) is 15.0. The van der Waals surface area contributed by atoms with Gasteiger partial charge in [0.1, 0.15) is 0 Å². The maximum absolute atomic E-state index is 4.76. The molecular formula is C18H27IN6. The number of hydrogen-bond acceptors (Lipinski definition) is 3. The van der Waals surface area contributed by atoms with Gasteiger partial charge in [0.05, 0.1) is 13.1 Å². The fraction of sp³-hybridized carbons (Fsp3) is 0.444. The summed E-state index contributed by atoms with van der Waals surface area (Å²) in [5, 5.41) is 7.64. The van der Waals surface area contributed by atoms with Crippen LogP contribution < -0.4 is 10.2 Å². The standard InChI is InChI=1S/C18H26N6.HI/c1-2-19-18(20-10-12-24-11-6-9-21-24)23-15-13-22(14-16-23)17-7-4-3-5-8-17;/h3-9,11H,2,10,12-16H2,1H3,(H,19,20);1H. The van der Waals surface area contributed by atoms with Crippen molar-refractivity contribution in [1.82, 2.24) is 20.0 Å². The number of anilines is 1. The number of aliphatic imine (C=N–C) groups is 1. The van der Waals surface area contributed by atoms with Crippen LogP contribution in [0.4, 0.5) is 5.69 Å². The highest BCUT2D eigenvalue weighted by Crippen LogP contribution is 2.15. The smallest absolute Gasteiger partial charge is 0.194 e. The minimum Gasteiger partial charge on any atom is -0.368 e. The van der Waals surface area contributed by atoms with Crippen LogP contribution in [0.5, 0.6) is 0 Å². The van der Waals surface area contributed by atoms with E-state index in [1.54, 1.807) is 6.20 Å². The molecule has 1 aromatic carbocycles. The second-order valence-electron chi connectivity index (χ2n) is 5.81. The van der Waals surface area contributed by atoms with E-state index in [-0.39, 0.29) is 24.0 Å². The number of aromatic nitrogens is 2. The molecule has 1 fully saturated rings. The predicted molar refractivity (Wildman–Crippen MR) is 114 cm³/mol. The minimum atomic E-state index is 0. The lowest BCUT2D eigenvalue weighted by molar-refractivity contribution is 0.372. The van der Waals surface area contributed by atoms with Crippen molar-refractivity contribution in [2.75, 3.05) is 44.2 Å². The molecule has 0 unspecified atom stereocenters. The minimum absolute atomic E-state index is 0. The van der Waals surface area contributed by atoms with Crippen LogP contribution in [0.25, 0.3) is 0 Å². The first-order chi connectivity index (χ1) is 11.9. The molecule has 2 heterocycles. The zero-order valence-electron chi connectivity index (χ0n) is 14.7. The molecule has 0 saturated carbocycles. The van der Waals surface area contributed by atoms with Crippen LogP contribution in [-0.4, -0.2) is 59.9 Å². The maximum atomic E-state index is 4.76. The largest absolute Gasteiger partial charge is 0.368 e. The van der Waals surface area contributed by atoms with Gasteiger partial charge in [0, 0.05) is 50.8 Å². The number of nitrogens with zero attached hydrogens (tertiary/aromatic N) is 5. The van der Waals surface area contributed by atoms with Crippen LogP contribution in [0, 0.1) is 0 Å². The highest BCUT2D eigenvalue weighted by atomic mass is 127. The van der Waals surface area contributed by atoms with Gasteiger partial charge in [0.25, 0.3) is 0 Å². The highest BCUT2D eigenvalue weighted by Gasteiger charge is 2.19. The second-order valence-corrected chi connectivity index (χ2v) is 5.81. The summed E-state index contributed by atoms with van der Waals surface area (Å²) in [6, 6.07) is 12.6. The molecule has 1 saturated heterocycles. The van der Waals surface area contributed by atoms with Gasteiger partial charge in [0.2, 0.25) is 0 Å². The summed E-state index contributed by atoms with van der Waals surface area (Å²) in [5.41, 5.74) is 1.30. The number of guanidine groups is 1. The Morgan fingerprint density at radius 3 is 2.52 bits per heavy atom. The van der Waals surface area contributed by atoms with Gasteiger partial charge in [-0.25, -0.2) is 0 Å². The molecule has 3 rings (SSSR count). The van der Waals surface area contributed by atoms with Crippen LogP contribution in [0.15, 0.2) is 53.8 Å². The number of nitrogens with one attached hydrogen (secondary N) is 1. The van der Waals surface area contributed by atoms with Crippen molar-refractivity contribution in [3.63, 3.8) is 0 Å². The average Bonchev–Trinajstić information content (AvgIpc) is 3.15. The molecule has 0 aliphatic carbocycles. The van der Waals surface area contributed by atoms with E-state index in [4.69, 9.17) is 4.99 Å². The molecule has 0 radical (unpaired) electrons. The zero-order chi connectivity index (χ0) is 16.6. The third-order valence-corrected chi connectivity index (χ3v) is 4.19. The third kappa shape index (κ3) is 5.62. The lowest BCUT2D eigenvalue weighted by Gasteiger charge is -2.37. The molecule has 0 amide bonds. The first-order valence-electron chi connectivity index (χ1n) is 8.67. The van der Waals surface area contributed by atoms with E-state index >= 15 is 0 Å². The van der Waals surface area contributed by atoms with Gasteiger partial charge < -0.3 is 15.1 Å². The third-order valence-electron chi connectivity index (χ3n) is 4.19. The molecule has 0 bridgehead atoms.